The minimum absolute atomic E-state index is 0.0614. The SMILES string of the molecule is CC(C(=O)O)N(C)c1ccc(F)cc1[N+](=O)[O-]. The van der Waals surface area contributed by atoms with E-state index < -0.39 is 28.4 Å². The van der Waals surface area contributed by atoms with Gasteiger partial charge in [0.2, 0.25) is 0 Å². The van der Waals surface area contributed by atoms with Crippen LogP contribution in [0.15, 0.2) is 18.2 Å². The lowest BCUT2D eigenvalue weighted by molar-refractivity contribution is -0.384. The number of nitrogens with zero attached hydrogens (tertiary/aromatic N) is 2. The standard InChI is InChI=1S/C10H11FN2O4/c1-6(10(14)15)12(2)8-4-3-7(11)5-9(8)13(16)17/h3-6H,1-2H3,(H,14,15). The summed E-state index contributed by atoms with van der Waals surface area (Å²) in [6.07, 6.45) is 0. The van der Waals surface area contributed by atoms with Gasteiger partial charge in [-0.1, -0.05) is 0 Å². The second kappa shape index (κ2) is 4.77. The van der Waals surface area contributed by atoms with Gasteiger partial charge in [0.15, 0.2) is 0 Å². The molecule has 92 valence electrons. The molecule has 0 fully saturated rings. The Morgan fingerprint density at radius 2 is 2.18 bits per heavy atom. The summed E-state index contributed by atoms with van der Waals surface area (Å²) in [5.74, 6) is -1.86. The number of benzene rings is 1. The van der Waals surface area contributed by atoms with Gasteiger partial charge in [-0.15, -0.1) is 0 Å². The van der Waals surface area contributed by atoms with Crippen LogP contribution in [0, 0.1) is 15.9 Å². The quantitative estimate of drug-likeness (QED) is 0.641. The fraction of sp³-hybridized carbons (Fsp3) is 0.300. The number of halogens is 1. The Hall–Kier alpha value is -2.18. The molecule has 0 aliphatic rings. The molecule has 0 amide bonds. The van der Waals surface area contributed by atoms with E-state index in [0.29, 0.717) is 0 Å². The smallest absolute Gasteiger partial charge is 0.326 e. The van der Waals surface area contributed by atoms with Crippen LogP contribution in [0.1, 0.15) is 6.92 Å². The van der Waals surface area contributed by atoms with Crippen molar-refractivity contribution in [1.29, 1.82) is 0 Å². The van der Waals surface area contributed by atoms with Crippen LogP contribution >= 0.6 is 0 Å². The highest BCUT2D eigenvalue weighted by Gasteiger charge is 2.24. The summed E-state index contributed by atoms with van der Waals surface area (Å²) >= 11 is 0. The fourth-order valence-corrected chi connectivity index (χ4v) is 1.32. The Kier molecular flexibility index (Phi) is 3.62. The van der Waals surface area contributed by atoms with Gasteiger partial charge in [-0.05, 0) is 19.1 Å². The van der Waals surface area contributed by atoms with Crippen molar-refractivity contribution >= 4 is 17.3 Å². The van der Waals surface area contributed by atoms with Crippen LogP contribution in [0.25, 0.3) is 0 Å². The minimum atomic E-state index is -1.12. The van der Waals surface area contributed by atoms with Gasteiger partial charge >= 0.3 is 5.97 Å². The van der Waals surface area contributed by atoms with Crippen LogP contribution in [0.4, 0.5) is 15.8 Å². The van der Waals surface area contributed by atoms with Crippen LogP contribution in [-0.2, 0) is 4.79 Å². The Morgan fingerprint density at radius 1 is 1.59 bits per heavy atom. The highest BCUT2D eigenvalue weighted by atomic mass is 19.1. The number of carbonyl (C=O) groups is 1. The molecule has 1 unspecified atom stereocenters. The van der Waals surface area contributed by atoms with E-state index in [1.54, 1.807) is 0 Å². The summed E-state index contributed by atoms with van der Waals surface area (Å²) in [7, 11) is 1.40. The number of hydrogen-bond donors (Lipinski definition) is 1. The second-order valence-corrected chi connectivity index (χ2v) is 3.52. The largest absolute Gasteiger partial charge is 0.480 e. The normalized spacial score (nSPS) is 11.9. The number of likely N-dealkylation sites (N-methyl/N-ethyl adjacent to an activating group) is 1. The van der Waals surface area contributed by atoms with Crippen molar-refractivity contribution in [3.8, 4) is 0 Å². The fourth-order valence-electron chi connectivity index (χ4n) is 1.32. The van der Waals surface area contributed by atoms with Crippen LogP contribution in [0.5, 0.6) is 0 Å². The van der Waals surface area contributed by atoms with Crippen molar-refractivity contribution < 1.29 is 19.2 Å². The van der Waals surface area contributed by atoms with E-state index in [-0.39, 0.29) is 5.69 Å². The summed E-state index contributed by atoms with van der Waals surface area (Å²) in [4.78, 5) is 22.0. The van der Waals surface area contributed by atoms with E-state index >= 15 is 0 Å². The number of anilines is 1. The van der Waals surface area contributed by atoms with Crippen molar-refractivity contribution in [2.24, 2.45) is 0 Å². The maximum atomic E-state index is 12.9. The molecule has 6 nitrogen and oxygen atoms in total. The Bertz CT molecular complexity index is 464. The zero-order chi connectivity index (χ0) is 13.2. The molecule has 0 spiro atoms. The van der Waals surface area contributed by atoms with Gasteiger partial charge in [-0.3, -0.25) is 10.1 Å². The molecule has 1 aromatic rings. The molecule has 0 radical (unpaired) electrons. The highest BCUT2D eigenvalue weighted by Crippen LogP contribution is 2.29. The average Bonchev–Trinajstić information content (AvgIpc) is 2.26. The van der Waals surface area contributed by atoms with Gasteiger partial charge in [-0.25, -0.2) is 9.18 Å². The van der Waals surface area contributed by atoms with E-state index in [1.165, 1.54) is 24.9 Å². The predicted molar refractivity (Wildman–Crippen MR) is 58.6 cm³/mol. The molecule has 0 heterocycles. The van der Waals surface area contributed by atoms with Crippen LogP contribution in [-0.4, -0.2) is 29.1 Å². The Balaban J connectivity index is 3.21. The summed E-state index contributed by atoms with van der Waals surface area (Å²) in [6, 6.07) is 2.06. The van der Waals surface area contributed by atoms with E-state index in [9.17, 15) is 19.3 Å². The van der Waals surface area contributed by atoms with Gasteiger partial charge < -0.3 is 10.0 Å². The number of rotatable bonds is 4. The molecule has 17 heavy (non-hydrogen) atoms. The first-order valence-corrected chi connectivity index (χ1v) is 4.74. The second-order valence-electron chi connectivity index (χ2n) is 3.52. The third-order valence-electron chi connectivity index (χ3n) is 2.45. The first-order valence-electron chi connectivity index (χ1n) is 4.74. The molecule has 0 aliphatic heterocycles. The minimum Gasteiger partial charge on any atom is -0.480 e. The first-order chi connectivity index (χ1) is 7.84. The monoisotopic (exact) mass is 242 g/mol. The third-order valence-corrected chi connectivity index (χ3v) is 2.45. The summed E-state index contributed by atoms with van der Waals surface area (Å²) in [6.45, 7) is 1.38. The van der Waals surface area contributed by atoms with Crippen molar-refractivity contribution in [2.75, 3.05) is 11.9 Å². The molecular formula is C10H11FN2O4. The Morgan fingerprint density at radius 3 is 2.65 bits per heavy atom. The molecule has 0 saturated carbocycles. The topological polar surface area (TPSA) is 83.7 Å². The van der Waals surface area contributed by atoms with Crippen molar-refractivity contribution in [2.45, 2.75) is 13.0 Å². The van der Waals surface area contributed by atoms with Gasteiger partial charge in [0.1, 0.15) is 17.5 Å². The summed E-state index contributed by atoms with van der Waals surface area (Å²) < 4.78 is 12.9. The zero-order valence-electron chi connectivity index (χ0n) is 9.25. The number of hydrogen-bond acceptors (Lipinski definition) is 4. The molecule has 1 atom stereocenters. The first kappa shape index (κ1) is 12.9. The zero-order valence-corrected chi connectivity index (χ0v) is 9.25. The molecule has 0 aliphatic carbocycles. The number of nitro groups is 1. The van der Waals surface area contributed by atoms with Gasteiger partial charge in [-0.2, -0.15) is 0 Å². The molecule has 1 rings (SSSR count). The summed E-state index contributed by atoms with van der Waals surface area (Å²) in [5, 5.41) is 19.5. The van der Waals surface area contributed by atoms with Crippen LogP contribution < -0.4 is 4.90 Å². The molecule has 0 saturated heterocycles. The van der Waals surface area contributed by atoms with E-state index in [1.807, 2.05) is 0 Å². The number of carboxylic acid groups (broad SMARTS) is 1. The molecule has 7 heteroatoms. The van der Waals surface area contributed by atoms with Crippen molar-refractivity contribution in [3.63, 3.8) is 0 Å². The lowest BCUT2D eigenvalue weighted by Gasteiger charge is -2.23. The van der Waals surface area contributed by atoms with E-state index in [2.05, 4.69) is 0 Å². The van der Waals surface area contributed by atoms with Gasteiger partial charge in [0.05, 0.1) is 11.0 Å². The van der Waals surface area contributed by atoms with E-state index in [0.717, 1.165) is 12.1 Å². The maximum absolute atomic E-state index is 12.9. The number of nitro benzene ring substituents is 1. The van der Waals surface area contributed by atoms with Crippen molar-refractivity contribution in [1.82, 2.24) is 0 Å². The molecule has 1 aromatic carbocycles. The molecule has 0 bridgehead atoms. The Labute approximate surface area is 96.4 Å². The maximum Gasteiger partial charge on any atom is 0.326 e. The predicted octanol–water partition coefficient (Wildman–Crippen LogP) is 1.64. The summed E-state index contributed by atoms with van der Waals surface area (Å²) in [5.41, 5.74) is -0.396. The van der Waals surface area contributed by atoms with Crippen molar-refractivity contribution in [3.05, 3.63) is 34.1 Å². The third kappa shape index (κ3) is 2.68. The number of aliphatic carboxylic acids is 1. The van der Waals surface area contributed by atoms with Crippen LogP contribution in [0.3, 0.4) is 0 Å². The highest BCUT2D eigenvalue weighted by molar-refractivity contribution is 5.79. The number of carboxylic acids is 1. The lowest BCUT2D eigenvalue weighted by Crippen LogP contribution is -2.36. The van der Waals surface area contributed by atoms with E-state index in [4.69, 9.17) is 5.11 Å². The average molecular weight is 242 g/mol. The van der Waals surface area contributed by atoms with Crippen LogP contribution in [0.2, 0.25) is 0 Å². The van der Waals surface area contributed by atoms with Gasteiger partial charge in [0, 0.05) is 7.05 Å². The lowest BCUT2D eigenvalue weighted by atomic mass is 10.2. The molecule has 0 aromatic heterocycles. The molecule has 1 N–H and O–H groups in total. The molecular weight excluding hydrogens is 231 g/mol. The van der Waals surface area contributed by atoms with Gasteiger partial charge in [0.25, 0.3) is 5.69 Å².